The van der Waals surface area contributed by atoms with E-state index in [0.717, 1.165) is 44.6 Å². The summed E-state index contributed by atoms with van der Waals surface area (Å²) >= 11 is 0. The molecule has 3 rings (SSSR count). The molecule has 0 unspecified atom stereocenters. The van der Waals surface area contributed by atoms with Crippen LogP contribution in [0.15, 0.2) is 18.2 Å². The Balaban J connectivity index is 1.53. The Bertz CT molecular complexity index is 598. The van der Waals surface area contributed by atoms with E-state index in [2.05, 4.69) is 30.1 Å². The summed E-state index contributed by atoms with van der Waals surface area (Å²) in [5, 5.41) is 0. The van der Waals surface area contributed by atoms with Crippen LogP contribution in [0.5, 0.6) is 5.75 Å². The summed E-state index contributed by atoms with van der Waals surface area (Å²) in [6, 6.07) is 6.88. The second-order valence-electron chi connectivity index (χ2n) is 6.15. The summed E-state index contributed by atoms with van der Waals surface area (Å²) in [7, 11) is -0.653. The zero-order valence-corrected chi connectivity index (χ0v) is 13.4. The number of fused-ring (bicyclic) bond motifs is 1. The summed E-state index contributed by atoms with van der Waals surface area (Å²) in [5.74, 6) is 1.72. The van der Waals surface area contributed by atoms with Gasteiger partial charge in [0.15, 0.2) is 0 Å². The van der Waals surface area contributed by atoms with Crippen LogP contribution in [0, 0.1) is 0 Å². The van der Waals surface area contributed by atoms with E-state index in [0.29, 0.717) is 17.5 Å². The maximum absolute atomic E-state index is 11.5. The minimum Gasteiger partial charge on any atom is -0.493 e. The third kappa shape index (κ3) is 3.58. The van der Waals surface area contributed by atoms with Crippen molar-refractivity contribution in [3.05, 3.63) is 29.3 Å². The van der Waals surface area contributed by atoms with Crippen molar-refractivity contribution >= 4 is 9.84 Å². The topological polar surface area (TPSA) is 46.6 Å². The van der Waals surface area contributed by atoms with Gasteiger partial charge in [-0.15, -0.1) is 0 Å². The molecule has 2 heterocycles. The van der Waals surface area contributed by atoms with Gasteiger partial charge in [-0.25, -0.2) is 8.42 Å². The lowest BCUT2D eigenvalue weighted by Crippen LogP contribution is -2.39. The molecule has 2 aliphatic heterocycles. The number of nitrogens with zero attached hydrogens (tertiary/aromatic N) is 1. The smallest absolute Gasteiger partial charge is 0.150 e. The van der Waals surface area contributed by atoms with Gasteiger partial charge in [-0.1, -0.05) is 12.1 Å². The number of rotatable bonds is 4. The third-order valence-electron chi connectivity index (χ3n) is 4.65. The van der Waals surface area contributed by atoms with Crippen molar-refractivity contribution in [2.75, 3.05) is 31.7 Å². The first-order valence-electron chi connectivity index (χ1n) is 7.69. The molecule has 0 saturated carbocycles. The van der Waals surface area contributed by atoms with Crippen LogP contribution in [-0.2, 0) is 22.7 Å². The molecule has 4 nitrogen and oxygen atoms in total. The van der Waals surface area contributed by atoms with Crippen molar-refractivity contribution in [3.8, 4) is 5.75 Å². The lowest BCUT2D eigenvalue weighted by atomic mass is 10.0. The van der Waals surface area contributed by atoms with Crippen molar-refractivity contribution < 1.29 is 13.2 Å². The summed E-state index contributed by atoms with van der Waals surface area (Å²) in [6.07, 6.45) is 3.57. The van der Waals surface area contributed by atoms with Gasteiger partial charge < -0.3 is 9.64 Å². The van der Waals surface area contributed by atoms with Crippen molar-refractivity contribution in [1.82, 2.24) is 4.90 Å². The first kappa shape index (κ1) is 14.9. The van der Waals surface area contributed by atoms with Gasteiger partial charge >= 0.3 is 0 Å². The second-order valence-corrected chi connectivity index (χ2v) is 8.46. The van der Waals surface area contributed by atoms with Crippen LogP contribution in [0.2, 0.25) is 0 Å². The van der Waals surface area contributed by atoms with Gasteiger partial charge in [-0.05, 0) is 43.5 Å². The van der Waals surface area contributed by atoms with E-state index >= 15 is 0 Å². The molecule has 0 N–H and O–H groups in total. The zero-order chi connectivity index (χ0) is 14.9. The molecule has 0 bridgehead atoms. The van der Waals surface area contributed by atoms with E-state index in [4.69, 9.17) is 4.74 Å². The molecular formula is C16H23NO3S. The van der Waals surface area contributed by atoms with Crippen LogP contribution in [0.25, 0.3) is 0 Å². The van der Waals surface area contributed by atoms with Gasteiger partial charge in [0.2, 0.25) is 0 Å². The first-order valence-corrected chi connectivity index (χ1v) is 9.51. The Hall–Kier alpha value is -1.07. The molecule has 116 valence electrons. The SMILES string of the molecule is CN(CCc1ccc2c(c1)CCO2)C1CCS(=O)(=O)CC1. The van der Waals surface area contributed by atoms with E-state index in [1.165, 1.54) is 11.1 Å². The lowest BCUT2D eigenvalue weighted by Gasteiger charge is -2.31. The minimum atomic E-state index is -2.76. The van der Waals surface area contributed by atoms with Crippen molar-refractivity contribution in [2.24, 2.45) is 0 Å². The maximum atomic E-state index is 11.5. The highest BCUT2D eigenvalue weighted by Crippen LogP contribution is 2.26. The van der Waals surface area contributed by atoms with Crippen LogP contribution in [-0.4, -0.2) is 51.1 Å². The van der Waals surface area contributed by atoms with Crippen LogP contribution < -0.4 is 4.74 Å². The molecule has 1 aromatic carbocycles. The summed E-state index contributed by atoms with van der Waals surface area (Å²) < 4.78 is 28.5. The molecular weight excluding hydrogens is 286 g/mol. The van der Waals surface area contributed by atoms with E-state index in [9.17, 15) is 8.42 Å². The number of sulfone groups is 1. The molecule has 2 aliphatic rings. The summed E-state index contributed by atoms with van der Waals surface area (Å²) in [4.78, 5) is 2.32. The predicted molar refractivity (Wildman–Crippen MR) is 83.7 cm³/mol. The van der Waals surface area contributed by atoms with Crippen LogP contribution in [0.3, 0.4) is 0 Å². The molecule has 0 radical (unpaired) electrons. The van der Waals surface area contributed by atoms with Crippen molar-refractivity contribution in [1.29, 1.82) is 0 Å². The zero-order valence-electron chi connectivity index (χ0n) is 12.5. The highest BCUT2D eigenvalue weighted by molar-refractivity contribution is 7.91. The average molecular weight is 309 g/mol. The Morgan fingerprint density at radius 3 is 2.81 bits per heavy atom. The van der Waals surface area contributed by atoms with Crippen molar-refractivity contribution in [2.45, 2.75) is 31.7 Å². The number of ether oxygens (including phenoxy) is 1. The number of hydrogen-bond donors (Lipinski definition) is 0. The third-order valence-corrected chi connectivity index (χ3v) is 6.37. The number of hydrogen-bond acceptors (Lipinski definition) is 4. The normalized spacial score (nSPS) is 21.2. The fourth-order valence-electron chi connectivity index (χ4n) is 3.20. The molecule has 0 spiro atoms. The highest BCUT2D eigenvalue weighted by atomic mass is 32.2. The van der Waals surface area contributed by atoms with Gasteiger partial charge in [-0.3, -0.25) is 0 Å². The van der Waals surface area contributed by atoms with Crippen molar-refractivity contribution in [3.63, 3.8) is 0 Å². The van der Waals surface area contributed by atoms with Gasteiger partial charge in [0.1, 0.15) is 15.6 Å². The van der Waals surface area contributed by atoms with E-state index in [-0.39, 0.29) is 0 Å². The Kier molecular flexibility index (Phi) is 4.22. The van der Waals surface area contributed by atoms with Gasteiger partial charge in [-0.2, -0.15) is 0 Å². The van der Waals surface area contributed by atoms with Crippen LogP contribution in [0.1, 0.15) is 24.0 Å². The largest absolute Gasteiger partial charge is 0.493 e. The second kappa shape index (κ2) is 5.97. The fourth-order valence-corrected chi connectivity index (χ4v) is 4.67. The molecule has 0 aliphatic carbocycles. The Morgan fingerprint density at radius 2 is 2.05 bits per heavy atom. The fraction of sp³-hybridized carbons (Fsp3) is 0.625. The number of benzene rings is 1. The molecule has 21 heavy (non-hydrogen) atoms. The molecule has 0 aromatic heterocycles. The molecule has 1 aromatic rings. The molecule has 1 saturated heterocycles. The maximum Gasteiger partial charge on any atom is 0.150 e. The Morgan fingerprint density at radius 1 is 1.29 bits per heavy atom. The summed E-state index contributed by atoms with van der Waals surface area (Å²) in [5.41, 5.74) is 2.66. The molecule has 0 amide bonds. The molecule has 0 atom stereocenters. The minimum absolute atomic E-state index is 0.345. The van der Waals surface area contributed by atoms with E-state index < -0.39 is 9.84 Å². The van der Waals surface area contributed by atoms with Crippen LogP contribution in [0.4, 0.5) is 0 Å². The number of likely N-dealkylation sites (N-methyl/N-ethyl adjacent to an activating group) is 1. The first-order chi connectivity index (χ1) is 10.0. The van der Waals surface area contributed by atoms with E-state index in [1.807, 2.05) is 0 Å². The Labute approximate surface area is 127 Å². The summed E-state index contributed by atoms with van der Waals surface area (Å²) in [6.45, 7) is 1.78. The molecule has 5 heteroatoms. The van der Waals surface area contributed by atoms with Crippen LogP contribution >= 0.6 is 0 Å². The quantitative estimate of drug-likeness (QED) is 0.849. The highest BCUT2D eigenvalue weighted by Gasteiger charge is 2.26. The van der Waals surface area contributed by atoms with Gasteiger partial charge in [0.05, 0.1) is 18.1 Å². The van der Waals surface area contributed by atoms with Gasteiger partial charge in [0.25, 0.3) is 0 Å². The lowest BCUT2D eigenvalue weighted by molar-refractivity contribution is 0.229. The van der Waals surface area contributed by atoms with E-state index in [1.54, 1.807) is 0 Å². The van der Waals surface area contributed by atoms with Gasteiger partial charge in [0, 0.05) is 19.0 Å². The molecule has 1 fully saturated rings. The monoisotopic (exact) mass is 309 g/mol. The standard InChI is InChI=1S/C16H23NO3S/c1-17(15-6-10-21(18,19)11-7-15)8-4-13-2-3-16-14(12-13)5-9-20-16/h2-3,12,15H,4-11H2,1H3. The average Bonchev–Trinajstić information content (AvgIpc) is 2.92. The predicted octanol–water partition coefficient (Wildman–Crippen LogP) is 1.67.